The fourth-order valence-electron chi connectivity index (χ4n) is 1.57. The third-order valence-corrected chi connectivity index (χ3v) is 2.83. The number of rotatable bonds is 2. The number of aliphatic carboxylic acids is 1. The fraction of sp³-hybridized carbons (Fsp3) is 0.273. The van der Waals surface area contributed by atoms with E-state index in [-0.39, 0.29) is 19.1 Å². The lowest BCUT2D eigenvalue weighted by Crippen LogP contribution is -2.54. The number of likely N-dealkylation sites (tertiary alicyclic amines) is 1. The van der Waals surface area contributed by atoms with Gasteiger partial charge in [0.2, 0.25) is 0 Å². The molecule has 1 aliphatic rings. The van der Waals surface area contributed by atoms with Crippen LogP contribution in [0, 0.1) is 5.92 Å². The van der Waals surface area contributed by atoms with E-state index in [0.717, 1.165) is 0 Å². The van der Waals surface area contributed by atoms with Crippen molar-refractivity contribution in [2.75, 3.05) is 18.4 Å². The van der Waals surface area contributed by atoms with Gasteiger partial charge in [0.05, 0.1) is 5.92 Å². The van der Waals surface area contributed by atoms with Gasteiger partial charge in [-0.25, -0.2) is 4.79 Å². The van der Waals surface area contributed by atoms with E-state index in [2.05, 4.69) is 5.32 Å². The summed E-state index contributed by atoms with van der Waals surface area (Å²) in [7, 11) is 0. The second-order valence-electron chi connectivity index (χ2n) is 3.88. The Morgan fingerprint density at radius 1 is 1.41 bits per heavy atom. The van der Waals surface area contributed by atoms with Gasteiger partial charge in [0.25, 0.3) is 0 Å². The van der Waals surface area contributed by atoms with Crippen LogP contribution in [0.3, 0.4) is 0 Å². The molecule has 0 saturated carbocycles. The lowest BCUT2D eigenvalue weighted by molar-refractivity contribution is -0.145. The molecule has 0 aliphatic carbocycles. The molecule has 6 heteroatoms. The summed E-state index contributed by atoms with van der Waals surface area (Å²) in [5.41, 5.74) is 0.598. The molecule has 0 spiro atoms. The van der Waals surface area contributed by atoms with Gasteiger partial charge in [0, 0.05) is 23.8 Å². The number of carboxylic acid groups (broad SMARTS) is 1. The number of nitrogens with one attached hydrogen (secondary N) is 1. The first-order valence-corrected chi connectivity index (χ1v) is 5.48. The van der Waals surface area contributed by atoms with Crippen molar-refractivity contribution in [3.8, 4) is 0 Å². The highest BCUT2D eigenvalue weighted by Gasteiger charge is 2.35. The molecule has 1 heterocycles. The first-order valence-electron chi connectivity index (χ1n) is 5.10. The van der Waals surface area contributed by atoms with E-state index in [4.69, 9.17) is 16.7 Å². The molecule has 2 rings (SSSR count). The van der Waals surface area contributed by atoms with E-state index in [1.54, 1.807) is 24.3 Å². The fourth-order valence-corrected chi connectivity index (χ4v) is 1.76. The topological polar surface area (TPSA) is 69.6 Å². The Kier molecular flexibility index (Phi) is 3.19. The highest BCUT2D eigenvalue weighted by atomic mass is 35.5. The van der Waals surface area contributed by atoms with Gasteiger partial charge in [-0.15, -0.1) is 0 Å². The average molecular weight is 255 g/mol. The second kappa shape index (κ2) is 4.63. The van der Waals surface area contributed by atoms with Crippen molar-refractivity contribution in [2.24, 2.45) is 5.92 Å². The van der Waals surface area contributed by atoms with E-state index >= 15 is 0 Å². The summed E-state index contributed by atoms with van der Waals surface area (Å²) in [6.07, 6.45) is 0. The molecule has 1 aliphatic heterocycles. The molecule has 90 valence electrons. The van der Waals surface area contributed by atoms with Crippen molar-refractivity contribution in [1.29, 1.82) is 0 Å². The second-order valence-corrected chi connectivity index (χ2v) is 4.32. The number of hydrogen-bond acceptors (Lipinski definition) is 2. The molecular formula is C11H11ClN2O3. The normalized spacial score (nSPS) is 15.2. The van der Waals surface area contributed by atoms with Crippen molar-refractivity contribution in [3.05, 3.63) is 29.3 Å². The molecule has 0 bridgehead atoms. The smallest absolute Gasteiger partial charge is 0.321 e. The van der Waals surface area contributed by atoms with Crippen molar-refractivity contribution in [1.82, 2.24) is 4.90 Å². The molecule has 0 atom stereocenters. The minimum atomic E-state index is -0.864. The summed E-state index contributed by atoms with van der Waals surface area (Å²) >= 11 is 5.78. The first kappa shape index (κ1) is 11.7. The summed E-state index contributed by atoms with van der Waals surface area (Å²) < 4.78 is 0. The summed E-state index contributed by atoms with van der Waals surface area (Å²) in [6, 6.07) is 6.49. The van der Waals surface area contributed by atoms with Gasteiger partial charge < -0.3 is 15.3 Å². The van der Waals surface area contributed by atoms with Crippen LogP contribution in [-0.4, -0.2) is 35.1 Å². The SMILES string of the molecule is O=C(O)C1CN(C(=O)Nc2cccc(Cl)c2)C1. The number of amides is 2. The van der Waals surface area contributed by atoms with Crippen molar-refractivity contribution < 1.29 is 14.7 Å². The maximum Gasteiger partial charge on any atom is 0.321 e. The maximum atomic E-state index is 11.7. The number of carbonyl (C=O) groups is 2. The molecule has 1 aromatic rings. The Balaban J connectivity index is 1.89. The van der Waals surface area contributed by atoms with Crippen molar-refractivity contribution in [2.45, 2.75) is 0 Å². The molecule has 0 unspecified atom stereocenters. The molecule has 0 aromatic heterocycles. The van der Waals surface area contributed by atoms with E-state index in [1.165, 1.54) is 4.90 Å². The van der Waals surface area contributed by atoms with Crippen LogP contribution in [-0.2, 0) is 4.79 Å². The number of carbonyl (C=O) groups excluding carboxylic acids is 1. The molecular weight excluding hydrogens is 244 g/mol. The standard InChI is InChI=1S/C11H11ClN2O3/c12-8-2-1-3-9(4-8)13-11(17)14-5-7(6-14)10(15)16/h1-4,7H,5-6H2,(H,13,17)(H,15,16). The van der Waals surface area contributed by atoms with Gasteiger partial charge in [0.15, 0.2) is 0 Å². The van der Waals surface area contributed by atoms with Crippen LogP contribution in [0.4, 0.5) is 10.5 Å². The molecule has 2 amide bonds. The van der Waals surface area contributed by atoms with Gasteiger partial charge >= 0.3 is 12.0 Å². The summed E-state index contributed by atoms with van der Waals surface area (Å²) in [4.78, 5) is 23.7. The predicted octanol–water partition coefficient (Wildman–Crippen LogP) is 1.89. The van der Waals surface area contributed by atoms with Crippen LogP contribution >= 0.6 is 11.6 Å². The highest BCUT2D eigenvalue weighted by molar-refractivity contribution is 6.30. The Labute approximate surface area is 103 Å². The van der Waals surface area contributed by atoms with Crippen molar-refractivity contribution >= 4 is 29.3 Å². The number of anilines is 1. The number of halogens is 1. The minimum Gasteiger partial charge on any atom is -0.481 e. The monoisotopic (exact) mass is 254 g/mol. The number of benzene rings is 1. The van der Waals surface area contributed by atoms with Gasteiger partial charge in [-0.05, 0) is 18.2 Å². The van der Waals surface area contributed by atoms with E-state index in [0.29, 0.717) is 10.7 Å². The van der Waals surface area contributed by atoms with Gasteiger partial charge in [0.1, 0.15) is 0 Å². The van der Waals surface area contributed by atoms with Crippen LogP contribution < -0.4 is 5.32 Å². The van der Waals surface area contributed by atoms with E-state index in [1.807, 2.05) is 0 Å². The molecule has 0 radical (unpaired) electrons. The Bertz CT molecular complexity index is 458. The third kappa shape index (κ3) is 2.68. The lowest BCUT2D eigenvalue weighted by atomic mass is 10.0. The van der Waals surface area contributed by atoms with Crippen LogP contribution in [0.15, 0.2) is 24.3 Å². The summed E-state index contributed by atoms with van der Waals surface area (Å²) in [5, 5.41) is 11.9. The number of carboxylic acids is 1. The van der Waals surface area contributed by atoms with Gasteiger partial charge in [-0.1, -0.05) is 17.7 Å². The first-order chi connectivity index (χ1) is 8.06. The molecule has 1 saturated heterocycles. The molecule has 2 N–H and O–H groups in total. The van der Waals surface area contributed by atoms with Crippen LogP contribution in [0.25, 0.3) is 0 Å². The third-order valence-electron chi connectivity index (χ3n) is 2.59. The van der Waals surface area contributed by atoms with E-state index < -0.39 is 11.9 Å². The van der Waals surface area contributed by atoms with E-state index in [9.17, 15) is 9.59 Å². The lowest BCUT2D eigenvalue weighted by Gasteiger charge is -2.36. The summed E-state index contributed by atoms with van der Waals surface area (Å²) in [6.45, 7) is 0.503. The zero-order chi connectivity index (χ0) is 12.4. The number of urea groups is 1. The molecule has 1 fully saturated rings. The highest BCUT2D eigenvalue weighted by Crippen LogP contribution is 2.19. The van der Waals surface area contributed by atoms with Gasteiger partial charge in [-0.3, -0.25) is 4.79 Å². The average Bonchev–Trinajstić information content (AvgIpc) is 2.13. The number of nitrogens with zero attached hydrogens (tertiary/aromatic N) is 1. The maximum absolute atomic E-state index is 11.7. The zero-order valence-electron chi connectivity index (χ0n) is 8.89. The predicted molar refractivity (Wildman–Crippen MR) is 63.2 cm³/mol. The van der Waals surface area contributed by atoms with Gasteiger partial charge in [-0.2, -0.15) is 0 Å². The van der Waals surface area contributed by atoms with Crippen LogP contribution in [0.2, 0.25) is 5.02 Å². The minimum absolute atomic E-state index is 0.252. The molecule has 17 heavy (non-hydrogen) atoms. The Morgan fingerprint density at radius 2 is 2.12 bits per heavy atom. The van der Waals surface area contributed by atoms with Crippen molar-refractivity contribution in [3.63, 3.8) is 0 Å². The Hall–Kier alpha value is -1.75. The zero-order valence-corrected chi connectivity index (χ0v) is 9.65. The van der Waals surface area contributed by atoms with Crippen LogP contribution in [0.5, 0.6) is 0 Å². The largest absolute Gasteiger partial charge is 0.481 e. The number of hydrogen-bond donors (Lipinski definition) is 2. The summed E-state index contributed by atoms with van der Waals surface area (Å²) in [5.74, 6) is -1.31. The molecule has 5 nitrogen and oxygen atoms in total. The molecule has 1 aromatic carbocycles. The van der Waals surface area contributed by atoms with Crippen LogP contribution in [0.1, 0.15) is 0 Å². The Morgan fingerprint density at radius 3 is 2.71 bits per heavy atom. The quantitative estimate of drug-likeness (QED) is 0.847.